The third-order valence-electron chi connectivity index (χ3n) is 5.03. The second kappa shape index (κ2) is 8.98. The normalized spacial score (nSPS) is 17.6. The lowest BCUT2D eigenvalue weighted by atomic mass is 9.96. The van der Waals surface area contributed by atoms with Crippen LogP contribution in [0.4, 0.5) is 16.2 Å². The Bertz CT molecular complexity index is 641. The number of halogens is 1. The van der Waals surface area contributed by atoms with Crippen molar-refractivity contribution in [2.75, 3.05) is 44.3 Å². The van der Waals surface area contributed by atoms with Gasteiger partial charge < -0.3 is 25.6 Å². The number of nitrogens with two attached hydrogens (primary N) is 1. The molecule has 1 aromatic rings. The molecular weight excluding hydrogens is 356 g/mol. The topological polar surface area (TPSA) is 87.9 Å². The van der Waals surface area contributed by atoms with Gasteiger partial charge in [-0.2, -0.15) is 0 Å². The Hall–Kier alpha value is -2.15. The van der Waals surface area contributed by atoms with Gasteiger partial charge in [-0.05, 0) is 37.8 Å². The number of amides is 3. The van der Waals surface area contributed by atoms with E-state index in [9.17, 15) is 9.59 Å². The Labute approximate surface area is 160 Å². The fraction of sp³-hybridized carbons (Fsp3) is 0.556. The van der Waals surface area contributed by atoms with Crippen LogP contribution in [0.2, 0.25) is 0 Å². The maximum Gasteiger partial charge on any atom is 0.319 e. The van der Waals surface area contributed by atoms with Gasteiger partial charge in [0.15, 0.2) is 0 Å². The van der Waals surface area contributed by atoms with Crippen LogP contribution in [-0.4, -0.2) is 55.0 Å². The molecule has 3 rings (SSSR count). The van der Waals surface area contributed by atoms with Crippen LogP contribution in [0.25, 0.3) is 0 Å². The molecule has 3 N–H and O–H groups in total. The maximum atomic E-state index is 12.5. The molecule has 0 atom stereocenters. The summed E-state index contributed by atoms with van der Waals surface area (Å²) in [5.74, 6) is 0.497. The highest BCUT2D eigenvalue weighted by molar-refractivity contribution is 5.95. The summed E-state index contributed by atoms with van der Waals surface area (Å²) in [6.07, 6.45) is 3.53. The lowest BCUT2D eigenvalue weighted by Gasteiger charge is -2.34. The van der Waals surface area contributed by atoms with Gasteiger partial charge in [0, 0.05) is 38.2 Å². The molecule has 1 aromatic carbocycles. The quantitative estimate of drug-likeness (QED) is 0.786. The monoisotopic (exact) mass is 382 g/mol. The molecule has 2 heterocycles. The average Bonchev–Trinajstić information content (AvgIpc) is 3.17. The zero-order chi connectivity index (χ0) is 17.8. The molecule has 0 aromatic heterocycles. The first-order chi connectivity index (χ1) is 12.1. The van der Waals surface area contributed by atoms with Crippen molar-refractivity contribution in [2.45, 2.75) is 25.7 Å². The summed E-state index contributed by atoms with van der Waals surface area (Å²) < 4.78 is 5.17. The average molecular weight is 383 g/mol. The fourth-order valence-corrected chi connectivity index (χ4v) is 3.45. The Kier molecular flexibility index (Phi) is 6.97. The van der Waals surface area contributed by atoms with Gasteiger partial charge >= 0.3 is 6.03 Å². The van der Waals surface area contributed by atoms with E-state index in [0.717, 1.165) is 25.9 Å². The number of hydrogen-bond acceptors (Lipinski definition) is 4. The van der Waals surface area contributed by atoms with E-state index in [4.69, 9.17) is 10.5 Å². The molecule has 26 heavy (non-hydrogen) atoms. The summed E-state index contributed by atoms with van der Waals surface area (Å²) in [6, 6.07) is 5.31. The molecule has 0 aliphatic carbocycles. The highest BCUT2D eigenvalue weighted by Crippen LogP contribution is 2.27. The molecule has 0 saturated carbocycles. The summed E-state index contributed by atoms with van der Waals surface area (Å²) in [4.78, 5) is 28.7. The first kappa shape index (κ1) is 20.2. The number of carbonyl (C=O) groups is 2. The number of nitrogen functional groups attached to an aromatic ring is 1. The van der Waals surface area contributed by atoms with Gasteiger partial charge in [0.25, 0.3) is 0 Å². The molecule has 2 aliphatic heterocycles. The highest BCUT2D eigenvalue weighted by atomic mass is 35.5. The van der Waals surface area contributed by atoms with Crippen LogP contribution < -0.4 is 15.8 Å². The van der Waals surface area contributed by atoms with Crippen molar-refractivity contribution in [3.8, 4) is 5.75 Å². The summed E-state index contributed by atoms with van der Waals surface area (Å²) in [7, 11) is 1.57. The minimum absolute atomic E-state index is 0. The van der Waals surface area contributed by atoms with Gasteiger partial charge in [-0.25, -0.2) is 4.79 Å². The second-order valence-corrected chi connectivity index (χ2v) is 6.68. The predicted molar refractivity (Wildman–Crippen MR) is 104 cm³/mol. The van der Waals surface area contributed by atoms with Crippen molar-refractivity contribution in [3.05, 3.63) is 18.2 Å². The van der Waals surface area contributed by atoms with Crippen LogP contribution in [0.5, 0.6) is 5.75 Å². The van der Waals surface area contributed by atoms with Crippen LogP contribution in [-0.2, 0) is 4.79 Å². The second-order valence-electron chi connectivity index (χ2n) is 6.68. The number of nitrogens with zero attached hydrogens (tertiary/aromatic N) is 2. The molecule has 0 spiro atoms. The van der Waals surface area contributed by atoms with Crippen LogP contribution >= 0.6 is 12.4 Å². The van der Waals surface area contributed by atoms with E-state index in [-0.39, 0.29) is 30.3 Å². The number of carbonyl (C=O) groups excluding carboxylic acids is 2. The molecular formula is C18H27ClN4O3. The number of urea groups is 1. The largest absolute Gasteiger partial charge is 0.497 e. The van der Waals surface area contributed by atoms with Crippen molar-refractivity contribution in [3.63, 3.8) is 0 Å². The van der Waals surface area contributed by atoms with Crippen LogP contribution in [0.15, 0.2) is 18.2 Å². The van der Waals surface area contributed by atoms with E-state index in [0.29, 0.717) is 43.1 Å². The van der Waals surface area contributed by atoms with Gasteiger partial charge in [-0.15, -0.1) is 12.4 Å². The zero-order valence-corrected chi connectivity index (χ0v) is 15.9. The Morgan fingerprint density at radius 2 is 1.73 bits per heavy atom. The highest BCUT2D eigenvalue weighted by Gasteiger charge is 2.30. The van der Waals surface area contributed by atoms with Crippen molar-refractivity contribution in [2.24, 2.45) is 5.92 Å². The van der Waals surface area contributed by atoms with Crippen LogP contribution in [0, 0.1) is 5.92 Å². The van der Waals surface area contributed by atoms with Crippen molar-refractivity contribution >= 4 is 35.7 Å². The number of nitrogens with one attached hydrogen (secondary N) is 1. The molecule has 7 nitrogen and oxygen atoms in total. The third-order valence-corrected chi connectivity index (χ3v) is 5.03. The van der Waals surface area contributed by atoms with Crippen molar-refractivity contribution in [1.82, 2.24) is 9.80 Å². The molecule has 3 amide bonds. The number of anilines is 2. The Morgan fingerprint density at radius 3 is 2.35 bits per heavy atom. The molecule has 2 fully saturated rings. The maximum absolute atomic E-state index is 12.5. The molecule has 0 unspecified atom stereocenters. The molecule has 144 valence electrons. The molecule has 2 aliphatic rings. The van der Waals surface area contributed by atoms with E-state index < -0.39 is 0 Å². The predicted octanol–water partition coefficient (Wildman–Crippen LogP) is 2.57. The molecule has 2 saturated heterocycles. The number of likely N-dealkylation sites (tertiary alicyclic amines) is 2. The fourth-order valence-electron chi connectivity index (χ4n) is 3.45. The van der Waals surface area contributed by atoms with Crippen molar-refractivity contribution in [1.29, 1.82) is 0 Å². The SMILES string of the molecule is COc1ccc(N)c(NC(=O)C2CCN(C(=O)N3CCCC3)CC2)c1.Cl. The summed E-state index contributed by atoms with van der Waals surface area (Å²) in [5, 5.41) is 2.90. The minimum atomic E-state index is -0.103. The molecule has 0 radical (unpaired) electrons. The zero-order valence-electron chi connectivity index (χ0n) is 15.1. The first-order valence-electron chi connectivity index (χ1n) is 8.86. The van der Waals surface area contributed by atoms with Crippen LogP contribution in [0.1, 0.15) is 25.7 Å². The van der Waals surface area contributed by atoms with E-state index in [1.54, 1.807) is 25.3 Å². The molecule has 8 heteroatoms. The number of rotatable bonds is 3. The summed E-state index contributed by atoms with van der Waals surface area (Å²) >= 11 is 0. The van der Waals surface area contributed by atoms with E-state index in [1.807, 2.05) is 9.80 Å². The Balaban J connectivity index is 0.00000243. The lowest BCUT2D eigenvalue weighted by molar-refractivity contribution is -0.121. The standard InChI is InChI=1S/C18H26N4O3.ClH/c1-25-14-4-5-15(19)16(12-14)20-17(23)13-6-10-22(11-7-13)18(24)21-8-2-3-9-21;/h4-5,12-13H,2-3,6-11,19H2,1H3,(H,20,23);1H. The van der Waals surface area contributed by atoms with Crippen LogP contribution in [0.3, 0.4) is 0 Å². The van der Waals surface area contributed by atoms with E-state index in [1.165, 1.54) is 0 Å². The third kappa shape index (κ3) is 4.52. The number of ether oxygens (including phenoxy) is 1. The minimum Gasteiger partial charge on any atom is -0.497 e. The number of methoxy groups -OCH3 is 1. The van der Waals surface area contributed by atoms with Gasteiger partial charge in [0.1, 0.15) is 5.75 Å². The smallest absolute Gasteiger partial charge is 0.319 e. The summed E-state index contributed by atoms with van der Waals surface area (Å²) in [6.45, 7) is 2.96. The Morgan fingerprint density at radius 1 is 1.12 bits per heavy atom. The first-order valence-corrected chi connectivity index (χ1v) is 8.86. The van der Waals surface area contributed by atoms with E-state index >= 15 is 0 Å². The number of hydrogen-bond donors (Lipinski definition) is 2. The van der Waals surface area contributed by atoms with E-state index in [2.05, 4.69) is 5.32 Å². The molecule has 0 bridgehead atoms. The number of piperidine rings is 1. The lowest BCUT2D eigenvalue weighted by Crippen LogP contribution is -2.47. The van der Waals surface area contributed by atoms with Gasteiger partial charge in [-0.1, -0.05) is 0 Å². The van der Waals surface area contributed by atoms with Gasteiger partial charge in [0.2, 0.25) is 5.91 Å². The van der Waals surface area contributed by atoms with Crippen molar-refractivity contribution < 1.29 is 14.3 Å². The summed E-state index contributed by atoms with van der Waals surface area (Å²) in [5.41, 5.74) is 7.00. The van der Waals surface area contributed by atoms with Gasteiger partial charge in [0.05, 0.1) is 18.5 Å². The number of benzene rings is 1. The van der Waals surface area contributed by atoms with Gasteiger partial charge in [-0.3, -0.25) is 4.79 Å².